The number of anilines is 1. The van der Waals surface area contributed by atoms with Crippen LogP contribution in [0.15, 0.2) is 61.2 Å². The first-order chi connectivity index (χ1) is 21.9. The van der Waals surface area contributed by atoms with Crippen LogP contribution < -0.4 is 5.73 Å². The van der Waals surface area contributed by atoms with E-state index in [9.17, 15) is 9.59 Å². The maximum Gasteiger partial charge on any atom is 0.330 e. The van der Waals surface area contributed by atoms with Crippen LogP contribution in [0.5, 0.6) is 0 Å². The molecule has 0 bridgehead atoms. The van der Waals surface area contributed by atoms with Crippen molar-refractivity contribution >= 4 is 17.9 Å². The number of carbonyl (C=O) groups excluding carboxylic acids is 2. The SMILES string of the molecule is C=CC(=O)OCCCCCCC1CC1.CCCC1CCC(C2CCC(c3cccc(N)c3)CC2)CC1.Cc1ccc(C=O)cc1. The van der Waals surface area contributed by atoms with Gasteiger partial charge in [-0.15, -0.1) is 0 Å². The van der Waals surface area contributed by atoms with Gasteiger partial charge in [-0.1, -0.05) is 120 Å². The standard InChI is InChI=1S/C21H33N.C12H20O2.C8H8O/c1-2-4-16-7-9-17(10-8-16)18-11-13-19(14-12-18)20-5-3-6-21(22)15-20;1-2-12(13)14-10-6-4-3-5-7-11-8-9-11;1-7-2-4-8(6-9)5-3-7/h3,5-6,15-19H,2,4,7-14,22H2,1H3;2,11H,1,3-10H2;2-6H,1H3. The monoisotopic (exact) mass is 615 g/mol. The summed E-state index contributed by atoms with van der Waals surface area (Å²) in [7, 11) is 0. The van der Waals surface area contributed by atoms with Gasteiger partial charge in [0.05, 0.1) is 6.61 Å². The number of carbonyl (C=O) groups is 2. The molecule has 0 heterocycles. The molecule has 248 valence electrons. The number of benzene rings is 2. The zero-order valence-electron chi connectivity index (χ0n) is 28.4. The van der Waals surface area contributed by atoms with Crippen molar-refractivity contribution in [1.82, 2.24) is 0 Å². The van der Waals surface area contributed by atoms with Crippen LogP contribution in [-0.2, 0) is 9.53 Å². The fourth-order valence-electron chi connectivity index (χ4n) is 7.27. The topological polar surface area (TPSA) is 69.4 Å². The second kappa shape index (κ2) is 21.0. The second-order valence-corrected chi connectivity index (χ2v) is 13.9. The van der Waals surface area contributed by atoms with E-state index in [1.165, 1.54) is 120 Å². The van der Waals surface area contributed by atoms with E-state index in [0.29, 0.717) is 6.61 Å². The molecule has 0 aromatic heterocycles. The number of nitrogens with two attached hydrogens (primary N) is 1. The number of unbranched alkanes of at least 4 members (excludes halogenated alkanes) is 3. The van der Waals surface area contributed by atoms with Gasteiger partial charge < -0.3 is 10.5 Å². The zero-order valence-corrected chi connectivity index (χ0v) is 28.4. The Morgan fingerprint density at radius 1 is 0.822 bits per heavy atom. The normalized spacial score (nSPS) is 22.5. The number of esters is 1. The second-order valence-electron chi connectivity index (χ2n) is 13.9. The molecular weight excluding hydrogens is 554 g/mol. The van der Waals surface area contributed by atoms with Crippen LogP contribution in [0, 0.1) is 30.6 Å². The first-order valence-corrected chi connectivity index (χ1v) is 18.1. The van der Waals surface area contributed by atoms with Gasteiger partial charge >= 0.3 is 5.97 Å². The van der Waals surface area contributed by atoms with Gasteiger partial charge in [0.2, 0.25) is 0 Å². The lowest BCUT2D eigenvalue weighted by molar-refractivity contribution is -0.137. The fourth-order valence-corrected chi connectivity index (χ4v) is 7.27. The number of hydrogen-bond acceptors (Lipinski definition) is 4. The third kappa shape index (κ3) is 14.8. The molecule has 4 heteroatoms. The van der Waals surface area contributed by atoms with Gasteiger partial charge in [0, 0.05) is 17.3 Å². The minimum atomic E-state index is -0.303. The lowest BCUT2D eigenvalue weighted by atomic mass is 9.68. The molecule has 0 aliphatic heterocycles. The number of ether oxygens (including phenoxy) is 1. The number of aryl methyl sites for hydroxylation is 1. The van der Waals surface area contributed by atoms with E-state index in [-0.39, 0.29) is 5.97 Å². The molecule has 3 aliphatic rings. The van der Waals surface area contributed by atoms with E-state index in [4.69, 9.17) is 10.5 Å². The summed E-state index contributed by atoms with van der Waals surface area (Å²) in [5, 5.41) is 0. The Balaban J connectivity index is 0.000000205. The highest BCUT2D eigenvalue weighted by molar-refractivity contribution is 5.81. The molecule has 5 rings (SSSR count). The summed E-state index contributed by atoms with van der Waals surface area (Å²) in [6.45, 7) is 8.22. The van der Waals surface area contributed by atoms with Gasteiger partial charge in [0.25, 0.3) is 0 Å². The maximum absolute atomic E-state index is 10.7. The van der Waals surface area contributed by atoms with Gasteiger partial charge in [-0.25, -0.2) is 4.79 Å². The average molecular weight is 616 g/mol. The van der Waals surface area contributed by atoms with Crippen LogP contribution in [-0.4, -0.2) is 18.9 Å². The molecule has 0 radical (unpaired) electrons. The average Bonchev–Trinajstić information content (AvgIpc) is 3.90. The molecular formula is C41H61NO3. The van der Waals surface area contributed by atoms with Crippen LogP contribution in [0.2, 0.25) is 0 Å². The molecule has 3 aliphatic carbocycles. The van der Waals surface area contributed by atoms with Gasteiger partial charge in [0.1, 0.15) is 6.29 Å². The van der Waals surface area contributed by atoms with Crippen molar-refractivity contribution in [2.45, 2.75) is 129 Å². The quantitative estimate of drug-likeness (QED) is 0.0800. The van der Waals surface area contributed by atoms with E-state index in [2.05, 4.69) is 31.7 Å². The Morgan fingerprint density at radius 2 is 1.42 bits per heavy atom. The number of rotatable bonds is 13. The summed E-state index contributed by atoms with van der Waals surface area (Å²) in [4.78, 5) is 20.8. The smallest absolute Gasteiger partial charge is 0.330 e. The molecule has 0 atom stereocenters. The molecule has 2 aromatic rings. The highest BCUT2D eigenvalue weighted by Crippen LogP contribution is 2.44. The molecule has 45 heavy (non-hydrogen) atoms. The summed E-state index contributed by atoms with van der Waals surface area (Å²) in [5.74, 6) is 4.60. The van der Waals surface area contributed by atoms with Crippen molar-refractivity contribution in [3.63, 3.8) is 0 Å². The van der Waals surface area contributed by atoms with Crippen molar-refractivity contribution in [2.75, 3.05) is 12.3 Å². The van der Waals surface area contributed by atoms with E-state index >= 15 is 0 Å². The predicted molar refractivity (Wildman–Crippen MR) is 189 cm³/mol. The highest BCUT2D eigenvalue weighted by Gasteiger charge is 2.31. The summed E-state index contributed by atoms with van der Waals surface area (Å²) in [6, 6.07) is 16.0. The molecule has 0 spiro atoms. The number of aldehydes is 1. The Bertz CT molecular complexity index is 1110. The van der Waals surface area contributed by atoms with Crippen molar-refractivity contribution in [3.05, 3.63) is 77.9 Å². The molecule has 0 amide bonds. The van der Waals surface area contributed by atoms with Crippen molar-refractivity contribution in [1.29, 1.82) is 0 Å². The van der Waals surface area contributed by atoms with E-state index < -0.39 is 0 Å². The van der Waals surface area contributed by atoms with E-state index in [1.54, 1.807) is 0 Å². The van der Waals surface area contributed by atoms with Gasteiger partial charge in [0.15, 0.2) is 0 Å². The summed E-state index contributed by atoms with van der Waals surface area (Å²) >= 11 is 0. The largest absolute Gasteiger partial charge is 0.463 e. The third-order valence-corrected chi connectivity index (χ3v) is 10.2. The highest BCUT2D eigenvalue weighted by atomic mass is 16.5. The summed E-state index contributed by atoms with van der Waals surface area (Å²) in [5.41, 5.74) is 10.3. The van der Waals surface area contributed by atoms with Gasteiger partial charge in [-0.2, -0.15) is 0 Å². The van der Waals surface area contributed by atoms with E-state index in [0.717, 1.165) is 53.5 Å². The van der Waals surface area contributed by atoms with Crippen LogP contribution in [0.4, 0.5) is 5.69 Å². The lowest BCUT2D eigenvalue weighted by Crippen LogP contribution is -2.25. The summed E-state index contributed by atoms with van der Waals surface area (Å²) < 4.78 is 4.87. The third-order valence-electron chi connectivity index (χ3n) is 10.2. The van der Waals surface area contributed by atoms with Crippen LogP contribution in [0.3, 0.4) is 0 Å². The Morgan fingerprint density at radius 3 is 2.00 bits per heavy atom. The lowest BCUT2D eigenvalue weighted by Gasteiger charge is -2.38. The van der Waals surface area contributed by atoms with Gasteiger partial charge in [-0.05, 0) is 99.2 Å². The number of hydrogen-bond donors (Lipinski definition) is 1. The van der Waals surface area contributed by atoms with E-state index in [1.807, 2.05) is 37.3 Å². The van der Waals surface area contributed by atoms with Crippen LogP contribution in [0.1, 0.15) is 143 Å². The maximum atomic E-state index is 10.7. The zero-order chi connectivity index (χ0) is 32.3. The molecule has 2 N–H and O–H groups in total. The van der Waals surface area contributed by atoms with Crippen LogP contribution >= 0.6 is 0 Å². The van der Waals surface area contributed by atoms with Crippen LogP contribution in [0.25, 0.3) is 0 Å². The number of nitrogen functional groups attached to an aromatic ring is 1. The first-order valence-electron chi connectivity index (χ1n) is 18.1. The molecule has 4 nitrogen and oxygen atoms in total. The van der Waals surface area contributed by atoms with Crippen molar-refractivity contribution in [2.24, 2.45) is 23.7 Å². The molecule has 3 saturated carbocycles. The predicted octanol–water partition coefficient (Wildman–Crippen LogP) is 11.0. The minimum Gasteiger partial charge on any atom is -0.463 e. The first kappa shape index (κ1) is 36.6. The van der Waals surface area contributed by atoms with Gasteiger partial charge in [-0.3, -0.25) is 4.79 Å². The molecule has 0 saturated heterocycles. The fraction of sp³-hybridized carbons (Fsp3) is 0.610. The minimum absolute atomic E-state index is 0.303. The molecule has 0 unspecified atom stereocenters. The molecule has 3 fully saturated rings. The summed E-state index contributed by atoms with van der Waals surface area (Å²) in [6.07, 6.45) is 25.7. The molecule has 2 aromatic carbocycles. The Kier molecular flexibility index (Phi) is 17.1. The van der Waals surface area contributed by atoms with Crippen molar-refractivity contribution < 1.29 is 14.3 Å². The van der Waals surface area contributed by atoms with Crippen molar-refractivity contribution in [3.8, 4) is 0 Å². The Hall–Kier alpha value is -2.88. The Labute approximate surface area is 274 Å².